The molecule has 0 aromatic heterocycles. The molecule has 1 heterocycles. The average Bonchev–Trinajstić information content (AvgIpc) is 2.74. The Morgan fingerprint density at radius 3 is 2.20 bits per heavy atom. The lowest BCUT2D eigenvalue weighted by Crippen LogP contribution is -2.53. The summed E-state index contributed by atoms with van der Waals surface area (Å²) < 4.78 is 0. The first kappa shape index (κ1) is 14.6. The molecule has 1 unspecified atom stereocenters. The van der Waals surface area contributed by atoms with Crippen molar-refractivity contribution in [1.29, 1.82) is 0 Å². The second-order valence-electron chi connectivity index (χ2n) is 4.66. The van der Waals surface area contributed by atoms with Gasteiger partial charge in [0, 0.05) is 19.4 Å². The summed E-state index contributed by atoms with van der Waals surface area (Å²) in [6.07, 6.45) is 1.84. The first-order valence-corrected chi connectivity index (χ1v) is 7.45. The Bertz CT molecular complexity index is 573. The lowest BCUT2D eigenvalue weighted by atomic mass is 9.99. The van der Waals surface area contributed by atoms with E-state index in [2.05, 4.69) is 5.10 Å². The van der Waals surface area contributed by atoms with Crippen LogP contribution in [0.2, 0.25) is 0 Å². The van der Waals surface area contributed by atoms with Crippen LogP contribution in [0.15, 0.2) is 35.4 Å². The maximum Gasteiger partial charge on any atom is 0.242 e. The topological polar surface area (TPSA) is 53.0 Å². The molecule has 106 valence electrons. The Balaban J connectivity index is 2.62. The Hall–Kier alpha value is -1.82. The van der Waals surface area contributed by atoms with Gasteiger partial charge in [-0.2, -0.15) is 0 Å². The molecule has 6 heteroatoms. The number of hydrogen-bond donors (Lipinski definition) is 0. The SMILES string of the molecule is CSC1=NN(C(C)=O)C(C)(c2ccccc2)N1C(C)=O. The third-order valence-corrected chi connectivity index (χ3v) is 3.97. The highest BCUT2D eigenvalue weighted by atomic mass is 32.2. The number of carbonyl (C=O) groups excluding carboxylic acids is 2. The number of nitrogens with zero attached hydrogens (tertiary/aromatic N) is 3. The fraction of sp³-hybridized carbons (Fsp3) is 0.357. The van der Waals surface area contributed by atoms with Crippen LogP contribution in [0.5, 0.6) is 0 Å². The van der Waals surface area contributed by atoms with Crippen molar-refractivity contribution in [2.45, 2.75) is 26.4 Å². The smallest absolute Gasteiger partial charge is 0.242 e. The number of amidine groups is 1. The van der Waals surface area contributed by atoms with E-state index in [9.17, 15) is 9.59 Å². The van der Waals surface area contributed by atoms with Crippen molar-refractivity contribution < 1.29 is 9.59 Å². The van der Waals surface area contributed by atoms with Gasteiger partial charge in [0.05, 0.1) is 0 Å². The molecule has 2 amide bonds. The van der Waals surface area contributed by atoms with Crippen LogP contribution in [-0.2, 0) is 15.3 Å². The van der Waals surface area contributed by atoms with Crippen LogP contribution in [0, 0.1) is 0 Å². The van der Waals surface area contributed by atoms with Crippen molar-refractivity contribution in [3.05, 3.63) is 35.9 Å². The van der Waals surface area contributed by atoms with Gasteiger partial charge in [0.15, 0.2) is 10.8 Å². The molecule has 0 radical (unpaired) electrons. The fourth-order valence-electron chi connectivity index (χ4n) is 2.46. The minimum absolute atomic E-state index is 0.145. The molecule has 1 aliphatic heterocycles. The van der Waals surface area contributed by atoms with Crippen LogP contribution in [0.1, 0.15) is 26.3 Å². The maximum atomic E-state index is 12.1. The first-order chi connectivity index (χ1) is 9.42. The van der Waals surface area contributed by atoms with Gasteiger partial charge in [-0.1, -0.05) is 42.1 Å². The second-order valence-corrected chi connectivity index (χ2v) is 5.43. The predicted molar refractivity (Wildman–Crippen MR) is 79.8 cm³/mol. The van der Waals surface area contributed by atoms with Gasteiger partial charge in [-0.3, -0.25) is 14.5 Å². The normalized spacial score (nSPS) is 21.9. The maximum absolute atomic E-state index is 12.1. The van der Waals surface area contributed by atoms with Gasteiger partial charge in [-0.05, 0) is 13.2 Å². The third kappa shape index (κ3) is 2.10. The zero-order valence-electron chi connectivity index (χ0n) is 12.0. The Morgan fingerprint density at radius 2 is 1.75 bits per heavy atom. The van der Waals surface area contributed by atoms with Crippen LogP contribution < -0.4 is 0 Å². The number of hydrazone groups is 1. The molecule has 1 aliphatic rings. The molecule has 20 heavy (non-hydrogen) atoms. The number of benzene rings is 1. The van der Waals surface area contributed by atoms with Crippen LogP contribution >= 0.6 is 11.8 Å². The van der Waals surface area contributed by atoms with Gasteiger partial charge in [-0.15, -0.1) is 5.10 Å². The molecule has 0 bridgehead atoms. The standard InChI is InChI=1S/C14H17N3O2S/c1-10(18)16-13(20-4)15-17(11(2)19)14(16,3)12-8-6-5-7-9-12/h5-9H,1-4H3. The fourth-order valence-corrected chi connectivity index (χ4v) is 3.12. The van der Waals surface area contributed by atoms with Gasteiger partial charge in [0.1, 0.15) is 0 Å². The van der Waals surface area contributed by atoms with Crippen molar-refractivity contribution in [3.8, 4) is 0 Å². The third-order valence-electron chi connectivity index (χ3n) is 3.34. The van der Waals surface area contributed by atoms with Crippen LogP contribution in [0.4, 0.5) is 0 Å². The van der Waals surface area contributed by atoms with E-state index in [1.165, 1.54) is 30.6 Å². The van der Waals surface area contributed by atoms with Crippen molar-refractivity contribution in [3.63, 3.8) is 0 Å². The summed E-state index contributed by atoms with van der Waals surface area (Å²) in [4.78, 5) is 25.6. The Morgan fingerprint density at radius 1 is 1.15 bits per heavy atom. The van der Waals surface area contributed by atoms with Gasteiger partial charge in [-0.25, -0.2) is 5.01 Å². The Labute approximate surface area is 122 Å². The molecule has 5 nitrogen and oxygen atoms in total. The number of rotatable bonds is 1. The minimum atomic E-state index is -0.919. The van der Waals surface area contributed by atoms with E-state index in [0.717, 1.165) is 5.56 Å². The summed E-state index contributed by atoms with van der Waals surface area (Å²) in [5, 5.41) is 6.20. The summed E-state index contributed by atoms with van der Waals surface area (Å²) in [5.41, 5.74) is -0.0738. The van der Waals surface area contributed by atoms with E-state index >= 15 is 0 Å². The first-order valence-electron chi connectivity index (χ1n) is 6.22. The van der Waals surface area contributed by atoms with Crippen molar-refractivity contribution in [2.75, 3.05) is 6.26 Å². The number of carbonyl (C=O) groups is 2. The highest BCUT2D eigenvalue weighted by Gasteiger charge is 2.50. The molecule has 2 rings (SSSR count). The van der Waals surface area contributed by atoms with Crippen molar-refractivity contribution >= 4 is 28.7 Å². The van der Waals surface area contributed by atoms with E-state index in [1.54, 1.807) is 4.90 Å². The van der Waals surface area contributed by atoms with Gasteiger partial charge < -0.3 is 0 Å². The van der Waals surface area contributed by atoms with Crippen molar-refractivity contribution in [1.82, 2.24) is 9.91 Å². The minimum Gasteiger partial charge on any atom is -0.275 e. The lowest BCUT2D eigenvalue weighted by molar-refractivity contribution is -0.144. The highest BCUT2D eigenvalue weighted by molar-refractivity contribution is 8.13. The molecule has 1 atom stereocenters. The zero-order valence-corrected chi connectivity index (χ0v) is 12.8. The molecule has 0 fully saturated rings. The molecule has 0 aliphatic carbocycles. The molecular weight excluding hydrogens is 274 g/mol. The van der Waals surface area contributed by atoms with E-state index in [0.29, 0.717) is 5.17 Å². The van der Waals surface area contributed by atoms with Gasteiger partial charge in [0.25, 0.3) is 0 Å². The van der Waals surface area contributed by atoms with E-state index in [1.807, 2.05) is 43.5 Å². The molecule has 0 saturated carbocycles. The summed E-state index contributed by atoms with van der Waals surface area (Å²) in [6, 6.07) is 9.45. The quantitative estimate of drug-likeness (QED) is 0.797. The summed E-state index contributed by atoms with van der Waals surface area (Å²) in [5.74, 6) is -0.347. The molecule has 0 N–H and O–H groups in total. The summed E-state index contributed by atoms with van der Waals surface area (Å²) in [7, 11) is 0. The van der Waals surface area contributed by atoms with Crippen LogP contribution in [0.3, 0.4) is 0 Å². The van der Waals surface area contributed by atoms with Gasteiger partial charge in [0.2, 0.25) is 11.8 Å². The molecule has 0 saturated heterocycles. The number of amides is 2. The zero-order chi connectivity index (χ0) is 14.9. The van der Waals surface area contributed by atoms with Crippen molar-refractivity contribution in [2.24, 2.45) is 5.10 Å². The number of thioether (sulfide) groups is 1. The largest absolute Gasteiger partial charge is 0.275 e. The van der Waals surface area contributed by atoms with Gasteiger partial charge >= 0.3 is 0 Å². The average molecular weight is 291 g/mol. The van der Waals surface area contributed by atoms with E-state index in [4.69, 9.17) is 0 Å². The monoisotopic (exact) mass is 291 g/mol. The highest BCUT2D eigenvalue weighted by Crippen LogP contribution is 2.39. The molecule has 1 aromatic rings. The van der Waals surface area contributed by atoms with E-state index < -0.39 is 5.66 Å². The number of hydrogen-bond acceptors (Lipinski definition) is 4. The predicted octanol–water partition coefficient (Wildman–Crippen LogP) is 2.20. The molecule has 0 spiro atoms. The Kier molecular flexibility index (Phi) is 3.85. The summed E-state index contributed by atoms with van der Waals surface area (Å²) >= 11 is 1.35. The summed E-state index contributed by atoms with van der Waals surface area (Å²) in [6.45, 7) is 4.76. The molecule has 1 aromatic carbocycles. The second kappa shape index (κ2) is 5.28. The lowest BCUT2D eigenvalue weighted by Gasteiger charge is -2.38. The van der Waals surface area contributed by atoms with Crippen LogP contribution in [0.25, 0.3) is 0 Å². The molecular formula is C14H17N3O2S. The van der Waals surface area contributed by atoms with E-state index in [-0.39, 0.29) is 11.8 Å². The van der Waals surface area contributed by atoms with Crippen LogP contribution in [-0.4, -0.2) is 33.1 Å².